The highest BCUT2D eigenvalue weighted by molar-refractivity contribution is 14.0. The molecule has 180 valence electrons. The largest absolute Gasteiger partial charge is 0.493 e. The summed E-state index contributed by atoms with van der Waals surface area (Å²) in [6.07, 6.45) is 0.877. The van der Waals surface area contributed by atoms with Crippen molar-refractivity contribution in [3.8, 4) is 17.2 Å². The van der Waals surface area contributed by atoms with Gasteiger partial charge >= 0.3 is 0 Å². The van der Waals surface area contributed by atoms with E-state index in [0.29, 0.717) is 49.5 Å². The fourth-order valence-corrected chi connectivity index (χ4v) is 2.86. The van der Waals surface area contributed by atoms with Gasteiger partial charge in [0, 0.05) is 26.8 Å². The Labute approximate surface area is 207 Å². The van der Waals surface area contributed by atoms with Crippen LogP contribution < -0.4 is 24.8 Å². The van der Waals surface area contributed by atoms with Crippen molar-refractivity contribution in [2.45, 2.75) is 33.4 Å². The average Bonchev–Trinajstić information content (AvgIpc) is 3.11. The van der Waals surface area contributed by atoms with Crippen LogP contribution in [0.1, 0.15) is 30.6 Å². The quantitative estimate of drug-likeness (QED) is 0.176. The molecular formula is C21H35IN6O4. The standard InChI is InChI=1S/C21H34N6O4.HI/c1-7-31-10-8-9-22-21(24-14-19-26-25-15(2)27(19)3)23-13-16-11-17(28-4)20(30-6)18(12-16)29-5;/h11-12H,7-10,13-14H2,1-6H3,(H2,22,23,24);1H. The molecule has 0 radical (unpaired) electrons. The van der Waals surface area contributed by atoms with Crippen LogP contribution in [0.25, 0.3) is 0 Å². The molecule has 11 heteroatoms. The molecule has 1 aromatic heterocycles. The van der Waals surface area contributed by atoms with Crippen LogP contribution in [0.3, 0.4) is 0 Å². The van der Waals surface area contributed by atoms with Gasteiger partial charge in [0.2, 0.25) is 5.75 Å². The Bertz CT molecular complexity index is 834. The lowest BCUT2D eigenvalue weighted by atomic mass is 10.2. The van der Waals surface area contributed by atoms with Crippen LogP contribution in [0.2, 0.25) is 0 Å². The fraction of sp³-hybridized carbons (Fsp3) is 0.571. The van der Waals surface area contributed by atoms with Crippen LogP contribution >= 0.6 is 24.0 Å². The van der Waals surface area contributed by atoms with Gasteiger partial charge in [-0.15, -0.1) is 34.2 Å². The van der Waals surface area contributed by atoms with Gasteiger partial charge in [0.25, 0.3) is 0 Å². The molecule has 0 saturated heterocycles. The zero-order valence-electron chi connectivity index (χ0n) is 19.7. The van der Waals surface area contributed by atoms with E-state index >= 15 is 0 Å². The molecule has 0 saturated carbocycles. The number of benzene rings is 1. The molecule has 2 N–H and O–H groups in total. The monoisotopic (exact) mass is 562 g/mol. The summed E-state index contributed by atoms with van der Waals surface area (Å²) in [5.41, 5.74) is 0.930. The summed E-state index contributed by atoms with van der Waals surface area (Å²) in [6.45, 7) is 6.99. The second-order valence-electron chi connectivity index (χ2n) is 6.75. The maximum absolute atomic E-state index is 5.43. The summed E-state index contributed by atoms with van der Waals surface area (Å²) in [4.78, 5) is 4.71. The Balaban J connectivity index is 0.00000512. The number of aromatic nitrogens is 3. The summed E-state index contributed by atoms with van der Waals surface area (Å²) in [5, 5.41) is 14.9. The van der Waals surface area contributed by atoms with E-state index in [9.17, 15) is 0 Å². The zero-order valence-corrected chi connectivity index (χ0v) is 22.1. The second kappa shape index (κ2) is 14.7. The van der Waals surface area contributed by atoms with Crippen molar-refractivity contribution in [3.05, 3.63) is 29.3 Å². The van der Waals surface area contributed by atoms with E-state index < -0.39 is 0 Å². The van der Waals surface area contributed by atoms with Crippen LogP contribution in [-0.2, 0) is 24.9 Å². The van der Waals surface area contributed by atoms with Crippen molar-refractivity contribution in [2.24, 2.45) is 12.0 Å². The Morgan fingerprint density at radius 2 is 1.75 bits per heavy atom. The van der Waals surface area contributed by atoms with Gasteiger partial charge in [-0.1, -0.05) is 0 Å². The Morgan fingerprint density at radius 1 is 1.06 bits per heavy atom. The second-order valence-corrected chi connectivity index (χ2v) is 6.75. The number of rotatable bonds is 12. The Hall–Kier alpha value is -2.28. The molecule has 32 heavy (non-hydrogen) atoms. The third-order valence-corrected chi connectivity index (χ3v) is 4.70. The van der Waals surface area contributed by atoms with Gasteiger partial charge in [0.15, 0.2) is 23.3 Å². The number of ether oxygens (including phenoxy) is 4. The number of nitrogens with zero attached hydrogens (tertiary/aromatic N) is 4. The summed E-state index contributed by atoms with van der Waals surface area (Å²) >= 11 is 0. The normalized spacial score (nSPS) is 11.0. The highest BCUT2D eigenvalue weighted by Gasteiger charge is 2.13. The summed E-state index contributed by atoms with van der Waals surface area (Å²) in [6, 6.07) is 3.78. The van der Waals surface area contributed by atoms with Crippen molar-refractivity contribution < 1.29 is 18.9 Å². The first-order valence-electron chi connectivity index (χ1n) is 10.3. The van der Waals surface area contributed by atoms with E-state index in [1.54, 1.807) is 21.3 Å². The number of aryl methyl sites for hydroxylation is 1. The molecule has 0 fully saturated rings. The Kier molecular flexibility index (Phi) is 12.8. The van der Waals surface area contributed by atoms with Crippen LogP contribution in [0.5, 0.6) is 17.2 Å². The van der Waals surface area contributed by atoms with Gasteiger partial charge < -0.3 is 34.1 Å². The van der Waals surface area contributed by atoms with Crippen LogP contribution in [0.15, 0.2) is 17.1 Å². The van der Waals surface area contributed by atoms with Gasteiger partial charge in [0.1, 0.15) is 5.82 Å². The maximum Gasteiger partial charge on any atom is 0.203 e. The highest BCUT2D eigenvalue weighted by Crippen LogP contribution is 2.38. The van der Waals surface area contributed by atoms with Crippen LogP contribution in [0, 0.1) is 6.92 Å². The molecule has 0 atom stereocenters. The Morgan fingerprint density at radius 3 is 2.28 bits per heavy atom. The fourth-order valence-electron chi connectivity index (χ4n) is 2.86. The molecule has 0 aliphatic carbocycles. The third kappa shape index (κ3) is 8.01. The SMILES string of the molecule is CCOCCCNC(=NCc1cc(OC)c(OC)c(OC)c1)NCc1nnc(C)n1C.I. The van der Waals surface area contributed by atoms with Crippen molar-refractivity contribution in [3.63, 3.8) is 0 Å². The highest BCUT2D eigenvalue weighted by atomic mass is 127. The van der Waals surface area contributed by atoms with Crippen molar-refractivity contribution in [2.75, 3.05) is 41.1 Å². The number of halogens is 1. The number of aliphatic imine (C=N–C) groups is 1. The predicted molar refractivity (Wildman–Crippen MR) is 134 cm³/mol. The molecule has 1 aromatic carbocycles. The lowest BCUT2D eigenvalue weighted by Crippen LogP contribution is -2.38. The van der Waals surface area contributed by atoms with Crippen molar-refractivity contribution >= 4 is 29.9 Å². The lowest BCUT2D eigenvalue weighted by molar-refractivity contribution is 0.145. The maximum atomic E-state index is 5.43. The number of hydrogen-bond acceptors (Lipinski definition) is 7. The molecular weight excluding hydrogens is 527 g/mol. The van der Waals surface area contributed by atoms with Gasteiger partial charge in [-0.05, 0) is 38.0 Å². The minimum absolute atomic E-state index is 0. The molecule has 2 aromatic rings. The van der Waals surface area contributed by atoms with Gasteiger partial charge in [-0.2, -0.15) is 0 Å². The molecule has 2 rings (SSSR count). The first-order valence-corrected chi connectivity index (χ1v) is 10.3. The van der Waals surface area contributed by atoms with E-state index in [4.69, 9.17) is 23.9 Å². The van der Waals surface area contributed by atoms with Gasteiger partial charge in [0.05, 0.1) is 34.4 Å². The molecule has 0 amide bonds. The predicted octanol–water partition coefficient (Wildman–Crippen LogP) is 2.43. The molecule has 0 aliphatic rings. The minimum Gasteiger partial charge on any atom is -0.493 e. The number of hydrogen-bond donors (Lipinski definition) is 2. The van der Waals surface area contributed by atoms with Crippen molar-refractivity contribution in [1.29, 1.82) is 0 Å². The summed E-state index contributed by atoms with van der Waals surface area (Å²) < 4.78 is 23.6. The molecule has 0 bridgehead atoms. The van der Waals surface area contributed by atoms with Crippen LogP contribution in [-0.4, -0.2) is 61.8 Å². The first kappa shape index (κ1) is 27.8. The molecule has 10 nitrogen and oxygen atoms in total. The van der Waals surface area contributed by atoms with Crippen LogP contribution in [0.4, 0.5) is 0 Å². The van der Waals surface area contributed by atoms with Gasteiger partial charge in [-0.3, -0.25) is 0 Å². The van der Waals surface area contributed by atoms with Crippen molar-refractivity contribution in [1.82, 2.24) is 25.4 Å². The van der Waals surface area contributed by atoms with E-state index in [1.807, 2.05) is 37.6 Å². The average molecular weight is 562 g/mol. The smallest absolute Gasteiger partial charge is 0.203 e. The van der Waals surface area contributed by atoms with E-state index in [-0.39, 0.29) is 24.0 Å². The molecule has 0 aliphatic heterocycles. The van der Waals surface area contributed by atoms with E-state index in [0.717, 1.165) is 30.2 Å². The first-order chi connectivity index (χ1) is 15.0. The molecule has 0 unspecified atom stereocenters. The van der Waals surface area contributed by atoms with E-state index in [1.165, 1.54) is 0 Å². The van der Waals surface area contributed by atoms with Gasteiger partial charge in [-0.25, -0.2) is 4.99 Å². The van der Waals surface area contributed by atoms with E-state index in [2.05, 4.69) is 20.8 Å². The topological polar surface area (TPSA) is 104 Å². The molecule has 0 spiro atoms. The lowest BCUT2D eigenvalue weighted by Gasteiger charge is -2.15. The summed E-state index contributed by atoms with van der Waals surface area (Å²) in [7, 11) is 6.72. The zero-order chi connectivity index (χ0) is 22.6. The third-order valence-electron chi connectivity index (χ3n) is 4.70. The minimum atomic E-state index is 0. The molecule has 1 heterocycles. The number of guanidine groups is 1. The number of methoxy groups -OCH3 is 3. The number of nitrogens with one attached hydrogen (secondary N) is 2. The summed E-state index contributed by atoms with van der Waals surface area (Å²) in [5.74, 6) is 4.11.